The fraction of sp³-hybridized carbons (Fsp3) is 0.625. The van der Waals surface area contributed by atoms with Crippen LogP contribution in [0.1, 0.15) is 144 Å². The van der Waals surface area contributed by atoms with E-state index in [4.69, 9.17) is 23.7 Å². The second-order valence-electron chi connectivity index (χ2n) is 13.9. The van der Waals surface area contributed by atoms with Gasteiger partial charge in [0.1, 0.15) is 5.75 Å². The summed E-state index contributed by atoms with van der Waals surface area (Å²) in [4.78, 5) is 14.1. The topological polar surface area (TPSA) is 63.2 Å². The average molecular weight is 631 g/mol. The third kappa shape index (κ3) is 8.80. The van der Waals surface area contributed by atoms with E-state index in [0.29, 0.717) is 28.6 Å². The Morgan fingerprint density at radius 3 is 1.63 bits per heavy atom. The van der Waals surface area contributed by atoms with Crippen LogP contribution in [-0.4, -0.2) is 37.3 Å². The van der Waals surface area contributed by atoms with E-state index in [1.807, 2.05) is 36.4 Å². The summed E-state index contributed by atoms with van der Waals surface area (Å²) in [5.41, 5.74) is 1.35. The van der Waals surface area contributed by atoms with E-state index in [9.17, 15) is 4.79 Å². The minimum absolute atomic E-state index is 0.105. The number of hydrogen-bond donors (Lipinski definition) is 0. The van der Waals surface area contributed by atoms with E-state index in [1.165, 1.54) is 64.2 Å². The quantitative estimate of drug-likeness (QED) is 0.172. The van der Waals surface area contributed by atoms with Gasteiger partial charge in [-0.15, -0.1) is 0 Å². The van der Waals surface area contributed by atoms with Gasteiger partial charge in [0.2, 0.25) is 0 Å². The van der Waals surface area contributed by atoms with Crippen molar-refractivity contribution in [3.05, 3.63) is 47.5 Å². The largest absolute Gasteiger partial charge is 0.493 e. The number of ketones is 1. The van der Waals surface area contributed by atoms with Crippen LogP contribution in [0.25, 0.3) is 6.08 Å². The molecular formula is C40H54O6. The van der Waals surface area contributed by atoms with Gasteiger partial charge in [-0.25, -0.2) is 0 Å². The molecule has 0 radical (unpaired) electrons. The molecule has 4 aliphatic rings. The van der Waals surface area contributed by atoms with Crippen molar-refractivity contribution in [2.24, 2.45) is 0 Å². The van der Waals surface area contributed by atoms with Crippen molar-refractivity contribution in [2.45, 2.75) is 153 Å². The fourth-order valence-electron chi connectivity index (χ4n) is 7.68. The summed E-state index contributed by atoms with van der Waals surface area (Å²) < 4.78 is 32.2. The first-order chi connectivity index (χ1) is 22.7. The SMILES string of the molecule is COc1cc(OC2CCCCC2)cc(C=CC(=O)c2cccc(OC3CCCCC3)c2OC2CCCCC2)c1OC1CCCCC1. The number of carbonyl (C=O) groups is 1. The van der Waals surface area contributed by atoms with E-state index < -0.39 is 0 Å². The van der Waals surface area contributed by atoms with Crippen LogP contribution < -0.4 is 23.7 Å². The first-order valence-electron chi connectivity index (χ1n) is 18.4. The molecule has 0 heterocycles. The Bertz CT molecular complexity index is 1290. The average Bonchev–Trinajstić information content (AvgIpc) is 3.10. The van der Waals surface area contributed by atoms with Crippen LogP contribution in [0.5, 0.6) is 28.7 Å². The predicted octanol–water partition coefficient (Wildman–Crippen LogP) is 10.4. The maximum atomic E-state index is 14.1. The van der Waals surface area contributed by atoms with Crippen LogP contribution >= 0.6 is 0 Å². The van der Waals surface area contributed by atoms with Gasteiger partial charge in [0.25, 0.3) is 0 Å². The van der Waals surface area contributed by atoms with Gasteiger partial charge in [0.15, 0.2) is 28.8 Å². The summed E-state index contributed by atoms with van der Waals surface area (Å²) >= 11 is 0. The Hall–Kier alpha value is -3.15. The Labute approximate surface area is 276 Å². The van der Waals surface area contributed by atoms with Crippen LogP contribution in [0.3, 0.4) is 0 Å². The van der Waals surface area contributed by atoms with Crippen molar-refractivity contribution in [2.75, 3.05) is 7.11 Å². The number of ether oxygens (including phenoxy) is 5. The minimum Gasteiger partial charge on any atom is -0.493 e. The molecule has 46 heavy (non-hydrogen) atoms. The second-order valence-corrected chi connectivity index (χ2v) is 13.9. The summed E-state index contributed by atoms with van der Waals surface area (Å²) in [7, 11) is 1.68. The Morgan fingerprint density at radius 2 is 1.09 bits per heavy atom. The standard InChI is InChI=1S/C40H54O6/c1-42-38-28-34(43-30-15-6-2-7-16-30)27-29(39(38)45-32-19-10-4-11-20-32)25-26-36(41)35-23-14-24-37(44-31-17-8-3-9-18-31)40(35)46-33-21-12-5-13-22-33/h14,23-28,30-33H,2-13,15-22H2,1H3. The van der Waals surface area contributed by atoms with Gasteiger partial charge in [-0.3, -0.25) is 4.79 Å². The summed E-state index contributed by atoms with van der Waals surface area (Å²) in [6, 6.07) is 9.74. The lowest BCUT2D eigenvalue weighted by Gasteiger charge is -2.28. The molecule has 0 N–H and O–H groups in total. The third-order valence-electron chi connectivity index (χ3n) is 10.3. The summed E-state index contributed by atoms with van der Waals surface area (Å²) in [6.07, 6.45) is 26.9. The van der Waals surface area contributed by atoms with E-state index in [0.717, 1.165) is 75.5 Å². The summed E-state index contributed by atoms with van der Waals surface area (Å²) in [6.45, 7) is 0. The Balaban J connectivity index is 1.30. The molecule has 0 saturated heterocycles. The molecule has 2 aromatic rings. The number of rotatable bonds is 12. The Morgan fingerprint density at radius 1 is 0.587 bits per heavy atom. The zero-order chi connectivity index (χ0) is 31.6. The molecule has 0 unspecified atom stereocenters. The fourth-order valence-corrected chi connectivity index (χ4v) is 7.68. The number of carbonyl (C=O) groups excluding carboxylic acids is 1. The number of benzene rings is 2. The molecule has 250 valence electrons. The first-order valence-corrected chi connectivity index (χ1v) is 18.4. The van der Waals surface area contributed by atoms with Crippen LogP contribution in [-0.2, 0) is 0 Å². The molecule has 4 fully saturated rings. The van der Waals surface area contributed by atoms with Gasteiger partial charge >= 0.3 is 0 Å². The van der Waals surface area contributed by atoms with Gasteiger partial charge in [-0.1, -0.05) is 31.7 Å². The highest BCUT2D eigenvalue weighted by Gasteiger charge is 2.26. The van der Waals surface area contributed by atoms with Gasteiger partial charge in [0, 0.05) is 11.6 Å². The lowest BCUT2D eigenvalue weighted by Crippen LogP contribution is -2.23. The van der Waals surface area contributed by atoms with Crippen molar-refractivity contribution in [3.63, 3.8) is 0 Å². The molecule has 2 aromatic carbocycles. The lowest BCUT2D eigenvalue weighted by atomic mass is 9.97. The number of allylic oxidation sites excluding steroid dienone is 1. The zero-order valence-electron chi connectivity index (χ0n) is 27.9. The van der Waals surface area contributed by atoms with Crippen LogP contribution in [0, 0.1) is 0 Å². The van der Waals surface area contributed by atoms with Gasteiger partial charge in [-0.2, -0.15) is 0 Å². The molecule has 0 aliphatic heterocycles. The highest BCUT2D eigenvalue weighted by atomic mass is 16.5. The van der Waals surface area contributed by atoms with Crippen molar-refractivity contribution < 1.29 is 28.5 Å². The maximum Gasteiger partial charge on any atom is 0.189 e. The van der Waals surface area contributed by atoms with Gasteiger partial charge in [0.05, 0.1) is 37.1 Å². The molecule has 0 bridgehead atoms. The number of methoxy groups -OCH3 is 1. The minimum atomic E-state index is -0.110. The maximum absolute atomic E-state index is 14.1. The first kappa shape index (κ1) is 32.8. The molecule has 0 atom stereocenters. The van der Waals surface area contributed by atoms with Gasteiger partial charge in [-0.05, 0) is 133 Å². The molecule has 6 rings (SSSR count). The Kier molecular flexibility index (Phi) is 11.8. The van der Waals surface area contributed by atoms with Crippen molar-refractivity contribution >= 4 is 11.9 Å². The highest BCUT2D eigenvalue weighted by molar-refractivity contribution is 6.09. The van der Waals surface area contributed by atoms with Crippen LogP contribution in [0.4, 0.5) is 0 Å². The summed E-state index contributed by atoms with van der Waals surface area (Å²) in [5.74, 6) is 3.28. The van der Waals surface area contributed by atoms with Crippen LogP contribution in [0.2, 0.25) is 0 Å². The van der Waals surface area contributed by atoms with Crippen molar-refractivity contribution in [1.29, 1.82) is 0 Å². The second kappa shape index (κ2) is 16.6. The molecule has 4 aliphatic carbocycles. The molecule has 6 nitrogen and oxygen atoms in total. The predicted molar refractivity (Wildman–Crippen MR) is 183 cm³/mol. The number of hydrogen-bond acceptors (Lipinski definition) is 6. The molecular weight excluding hydrogens is 576 g/mol. The molecule has 6 heteroatoms. The zero-order valence-corrected chi connectivity index (χ0v) is 27.9. The molecule has 4 saturated carbocycles. The molecule has 0 aromatic heterocycles. The van der Waals surface area contributed by atoms with E-state index in [-0.39, 0.29) is 30.2 Å². The highest BCUT2D eigenvalue weighted by Crippen LogP contribution is 2.41. The third-order valence-corrected chi connectivity index (χ3v) is 10.3. The molecule has 0 spiro atoms. The monoisotopic (exact) mass is 630 g/mol. The van der Waals surface area contributed by atoms with Gasteiger partial charge < -0.3 is 23.7 Å². The van der Waals surface area contributed by atoms with Crippen molar-refractivity contribution in [3.8, 4) is 28.7 Å². The molecule has 0 amide bonds. The normalized spacial score (nSPS) is 20.8. The lowest BCUT2D eigenvalue weighted by molar-refractivity contribution is 0.101. The smallest absolute Gasteiger partial charge is 0.189 e. The summed E-state index contributed by atoms with van der Waals surface area (Å²) in [5, 5.41) is 0. The van der Waals surface area contributed by atoms with E-state index >= 15 is 0 Å². The number of para-hydroxylation sites is 1. The van der Waals surface area contributed by atoms with E-state index in [1.54, 1.807) is 13.2 Å². The van der Waals surface area contributed by atoms with Crippen LogP contribution in [0.15, 0.2) is 36.4 Å². The van der Waals surface area contributed by atoms with E-state index in [2.05, 4.69) is 0 Å². The van der Waals surface area contributed by atoms with Crippen molar-refractivity contribution in [1.82, 2.24) is 0 Å².